The van der Waals surface area contributed by atoms with Gasteiger partial charge in [0.25, 0.3) is 0 Å². The minimum atomic E-state index is -0.146. The van der Waals surface area contributed by atoms with Crippen molar-refractivity contribution in [3.8, 4) is 11.5 Å². The van der Waals surface area contributed by atoms with E-state index in [2.05, 4.69) is 6.92 Å². The fourth-order valence-electron chi connectivity index (χ4n) is 3.32. The van der Waals surface area contributed by atoms with Crippen molar-refractivity contribution in [2.45, 2.75) is 32.6 Å². The van der Waals surface area contributed by atoms with Gasteiger partial charge in [0.2, 0.25) is 5.91 Å². The van der Waals surface area contributed by atoms with E-state index in [0.717, 1.165) is 31.4 Å². The third-order valence-electron chi connectivity index (χ3n) is 4.93. The molecule has 0 bridgehead atoms. The van der Waals surface area contributed by atoms with Crippen LogP contribution in [0.3, 0.4) is 0 Å². The van der Waals surface area contributed by atoms with Crippen molar-refractivity contribution in [2.24, 2.45) is 5.41 Å². The minimum absolute atomic E-state index is 0.0718. The quantitative estimate of drug-likeness (QED) is 0.873. The van der Waals surface area contributed by atoms with Crippen LogP contribution in [0, 0.1) is 5.41 Å². The molecule has 0 saturated carbocycles. The van der Waals surface area contributed by atoms with Gasteiger partial charge in [-0.15, -0.1) is 0 Å². The predicted octanol–water partition coefficient (Wildman–Crippen LogP) is 2.26. The van der Waals surface area contributed by atoms with Crippen LogP contribution >= 0.6 is 0 Å². The van der Waals surface area contributed by atoms with Gasteiger partial charge in [-0.2, -0.15) is 0 Å². The number of carbonyl (C=O) groups is 1. The van der Waals surface area contributed by atoms with Crippen molar-refractivity contribution in [3.05, 3.63) is 23.8 Å². The van der Waals surface area contributed by atoms with Crippen LogP contribution in [0.5, 0.6) is 11.5 Å². The molecule has 0 spiro atoms. The molecule has 0 aliphatic carbocycles. The molecule has 0 radical (unpaired) electrons. The molecule has 128 valence electrons. The number of hydrogen-bond donors (Lipinski definition) is 1. The molecule has 5 nitrogen and oxygen atoms in total. The van der Waals surface area contributed by atoms with Crippen LogP contribution in [0.15, 0.2) is 18.2 Å². The highest BCUT2D eigenvalue weighted by molar-refractivity contribution is 5.80. The average molecular weight is 321 g/mol. The number of amides is 1. The van der Waals surface area contributed by atoms with Gasteiger partial charge in [-0.1, -0.05) is 19.1 Å². The first kappa shape index (κ1) is 17.6. The number of benzene rings is 1. The number of rotatable bonds is 6. The number of nitrogens with zero attached hydrogens (tertiary/aromatic N) is 1. The third-order valence-corrected chi connectivity index (χ3v) is 4.93. The SMILES string of the molecule is CC[C@]1(CO)CCCN(C(=O)Cc2cccc(OC)c2OC)C1. The zero-order valence-electron chi connectivity index (χ0n) is 14.3. The summed E-state index contributed by atoms with van der Waals surface area (Å²) in [6, 6.07) is 5.58. The number of methoxy groups -OCH3 is 2. The van der Waals surface area contributed by atoms with Crippen molar-refractivity contribution < 1.29 is 19.4 Å². The smallest absolute Gasteiger partial charge is 0.227 e. The zero-order chi connectivity index (χ0) is 16.9. The molecule has 1 saturated heterocycles. The molecule has 0 aromatic heterocycles. The number of aliphatic hydroxyl groups is 1. The lowest BCUT2D eigenvalue weighted by atomic mass is 9.78. The summed E-state index contributed by atoms with van der Waals surface area (Å²) < 4.78 is 10.7. The van der Waals surface area contributed by atoms with Crippen LogP contribution < -0.4 is 9.47 Å². The normalized spacial score (nSPS) is 21.1. The van der Waals surface area contributed by atoms with Gasteiger partial charge in [0.05, 0.1) is 27.2 Å². The second-order valence-electron chi connectivity index (χ2n) is 6.26. The Morgan fingerprint density at radius 2 is 2.13 bits per heavy atom. The molecule has 1 aromatic carbocycles. The van der Waals surface area contributed by atoms with Gasteiger partial charge < -0.3 is 19.5 Å². The Bertz CT molecular complexity index is 540. The number of likely N-dealkylation sites (tertiary alicyclic amines) is 1. The standard InChI is InChI=1S/C18H27NO4/c1-4-18(13-20)9-6-10-19(12-18)16(21)11-14-7-5-8-15(22-2)17(14)23-3/h5,7-8,20H,4,6,9-13H2,1-3H3/t18-/m0/s1. The lowest BCUT2D eigenvalue weighted by Gasteiger charge is -2.41. The maximum absolute atomic E-state index is 12.7. The molecular weight excluding hydrogens is 294 g/mol. The number of aliphatic hydroxyl groups excluding tert-OH is 1. The Balaban J connectivity index is 2.13. The lowest BCUT2D eigenvalue weighted by Crippen LogP contribution is -2.48. The third kappa shape index (κ3) is 3.78. The van der Waals surface area contributed by atoms with E-state index in [0.29, 0.717) is 18.0 Å². The van der Waals surface area contributed by atoms with Crippen molar-refractivity contribution >= 4 is 5.91 Å². The Morgan fingerprint density at radius 1 is 1.35 bits per heavy atom. The summed E-state index contributed by atoms with van der Waals surface area (Å²) in [6.45, 7) is 3.60. The number of hydrogen-bond acceptors (Lipinski definition) is 4. The van der Waals surface area contributed by atoms with Gasteiger partial charge >= 0.3 is 0 Å². The minimum Gasteiger partial charge on any atom is -0.493 e. The molecule has 23 heavy (non-hydrogen) atoms. The molecular formula is C18H27NO4. The number of para-hydroxylation sites is 1. The molecule has 0 unspecified atom stereocenters. The lowest BCUT2D eigenvalue weighted by molar-refractivity contribution is -0.134. The van der Waals surface area contributed by atoms with Gasteiger partial charge in [-0.25, -0.2) is 0 Å². The fourth-order valence-corrected chi connectivity index (χ4v) is 3.32. The second kappa shape index (κ2) is 7.68. The Morgan fingerprint density at radius 3 is 2.74 bits per heavy atom. The van der Waals surface area contributed by atoms with E-state index >= 15 is 0 Å². The molecule has 1 amide bonds. The topological polar surface area (TPSA) is 59.0 Å². The van der Waals surface area contributed by atoms with Crippen LogP contribution in [0.1, 0.15) is 31.7 Å². The van der Waals surface area contributed by atoms with Crippen LogP contribution in [-0.4, -0.2) is 49.8 Å². The first-order chi connectivity index (χ1) is 11.1. The Hall–Kier alpha value is -1.75. The summed E-state index contributed by atoms with van der Waals surface area (Å²) >= 11 is 0. The van der Waals surface area contributed by atoms with E-state index < -0.39 is 0 Å². The summed E-state index contributed by atoms with van der Waals surface area (Å²) in [5, 5.41) is 9.71. The van der Waals surface area contributed by atoms with Crippen LogP contribution in [0.25, 0.3) is 0 Å². The van der Waals surface area contributed by atoms with Gasteiger partial charge in [0, 0.05) is 24.1 Å². The number of ether oxygens (including phenoxy) is 2. The van der Waals surface area contributed by atoms with Gasteiger partial charge in [-0.3, -0.25) is 4.79 Å². The molecule has 2 rings (SSSR count). The van der Waals surface area contributed by atoms with Gasteiger partial charge in [0.15, 0.2) is 11.5 Å². The molecule has 1 heterocycles. The van der Waals surface area contributed by atoms with Crippen molar-refractivity contribution in [1.29, 1.82) is 0 Å². The van der Waals surface area contributed by atoms with E-state index in [9.17, 15) is 9.90 Å². The van der Waals surface area contributed by atoms with Crippen LogP contribution in [-0.2, 0) is 11.2 Å². The predicted molar refractivity (Wildman–Crippen MR) is 88.9 cm³/mol. The fraction of sp³-hybridized carbons (Fsp3) is 0.611. The van der Waals surface area contributed by atoms with Crippen LogP contribution in [0.4, 0.5) is 0 Å². The molecule has 1 atom stereocenters. The largest absolute Gasteiger partial charge is 0.493 e. The zero-order valence-corrected chi connectivity index (χ0v) is 14.3. The summed E-state index contributed by atoms with van der Waals surface area (Å²) in [5.74, 6) is 1.32. The summed E-state index contributed by atoms with van der Waals surface area (Å²) in [5.41, 5.74) is 0.681. The molecule has 1 aliphatic heterocycles. The van der Waals surface area contributed by atoms with E-state index in [1.807, 2.05) is 23.1 Å². The maximum Gasteiger partial charge on any atom is 0.227 e. The summed E-state index contributed by atoms with van der Waals surface area (Å²) in [4.78, 5) is 14.6. The Kier molecular flexibility index (Phi) is 5.88. The van der Waals surface area contributed by atoms with Crippen molar-refractivity contribution in [1.82, 2.24) is 4.90 Å². The number of carbonyl (C=O) groups excluding carboxylic acids is 1. The van der Waals surface area contributed by atoms with Crippen molar-refractivity contribution in [3.63, 3.8) is 0 Å². The molecule has 5 heteroatoms. The molecule has 1 fully saturated rings. The number of piperidine rings is 1. The first-order valence-electron chi connectivity index (χ1n) is 8.17. The van der Waals surface area contributed by atoms with E-state index in [1.165, 1.54) is 0 Å². The molecule has 1 aromatic rings. The van der Waals surface area contributed by atoms with E-state index in [-0.39, 0.29) is 24.3 Å². The first-order valence-corrected chi connectivity index (χ1v) is 8.17. The average Bonchev–Trinajstić information content (AvgIpc) is 2.61. The van der Waals surface area contributed by atoms with E-state index in [1.54, 1.807) is 14.2 Å². The maximum atomic E-state index is 12.7. The highest BCUT2D eigenvalue weighted by Crippen LogP contribution is 2.34. The van der Waals surface area contributed by atoms with Gasteiger partial charge in [-0.05, 0) is 25.3 Å². The van der Waals surface area contributed by atoms with E-state index in [4.69, 9.17) is 9.47 Å². The highest BCUT2D eigenvalue weighted by atomic mass is 16.5. The summed E-state index contributed by atoms with van der Waals surface area (Å²) in [7, 11) is 3.17. The van der Waals surface area contributed by atoms with Crippen molar-refractivity contribution in [2.75, 3.05) is 33.9 Å². The monoisotopic (exact) mass is 321 g/mol. The molecule has 1 aliphatic rings. The summed E-state index contributed by atoms with van der Waals surface area (Å²) in [6.07, 6.45) is 3.09. The van der Waals surface area contributed by atoms with Crippen LogP contribution in [0.2, 0.25) is 0 Å². The molecule has 1 N–H and O–H groups in total. The Labute approximate surface area is 138 Å². The second-order valence-corrected chi connectivity index (χ2v) is 6.26. The van der Waals surface area contributed by atoms with Gasteiger partial charge in [0.1, 0.15) is 0 Å². The highest BCUT2D eigenvalue weighted by Gasteiger charge is 2.35.